The molecule has 0 fully saturated rings. The summed E-state index contributed by atoms with van der Waals surface area (Å²) in [7, 11) is 0. The highest BCUT2D eigenvalue weighted by Gasteiger charge is 1.98. The minimum absolute atomic E-state index is 0.883. The zero-order valence-electron chi connectivity index (χ0n) is 13.3. The highest BCUT2D eigenvalue weighted by atomic mass is 14.0. The summed E-state index contributed by atoms with van der Waals surface area (Å²) in [5.74, 6) is 0.883. The molecule has 1 rings (SSSR count). The van der Waals surface area contributed by atoms with Gasteiger partial charge in [0.05, 0.1) is 0 Å². The highest BCUT2D eigenvalue weighted by Crippen LogP contribution is 2.14. The zero-order chi connectivity index (χ0) is 13.9. The normalized spacial score (nSPS) is 11.2. The van der Waals surface area contributed by atoms with E-state index in [0.717, 1.165) is 5.92 Å². The Kier molecular flexibility index (Phi) is 8.62. The van der Waals surface area contributed by atoms with E-state index >= 15 is 0 Å². The first-order valence-corrected chi connectivity index (χ1v) is 8.24. The van der Waals surface area contributed by atoms with Crippen LogP contribution in [0.1, 0.15) is 76.3 Å². The van der Waals surface area contributed by atoms with Crippen LogP contribution < -0.4 is 0 Å². The SMILES string of the molecule is Cc1ccccc1CCCCCCCCCC(C)C. The zero-order valence-corrected chi connectivity index (χ0v) is 13.3. The lowest BCUT2D eigenvalue weighted by atomic mass is 10.0. The van der Waals surface area contributed by atoms with Gasteiger partial charge in [-0.2, -0.15) is 0 Å². The van der Waals surface area contributed by atoms with Gasteiger partial charge < -0.3 is 0 Å². The Morgan fingerprint density at radius 2 is 1.37 bits per heavy atom. The van der Waals surface area contributed by atoms with Gasteiger partial charge in [0.1, 0.15) is 0 Å². The largest absolute Gasteiger partial charge is 0.0628 e. The van der Waals surface area contributed by atoms with Crippen LogP contribution in [-0.2, 0) is 6.42 Å². The van der Waals surface area contributed by atoms with Gasteiger partial charge in [0, 0.05) is 0 Å². The molecule has 108 valence electrons. The molecule has 0 aliphatic carbocycles. The summed E-state index contributed by atoms with van der Waals surface area (Å²) in [5.41, 5.74) is 3.00. The van der Waals surface area contributed by atoms with Gasteiger partial charge in [-0.1, -0.05) is 83.1 Å². The third-order valence-corrected chi connectivity index (χ3v) is 3.99. The maximum Gasteiger partial charge on any atom is -0.0276 e. The van der Waals surface area contributed by atoms with Gasteiger partial charge in [-0.25, -0.2) is 0 Å². The average Bonchev–Trinajstić information content (AvgIpc) is 2.38. The van der Waals surface area contributed by atoms with Crippen molar-refractivity contribution in [2.45, 2.75) is 78.6 Å². The summed E-state index contributed by atoms with van der Waals surface area (Å²) < 4.78 is 0. The van der Waals surface area contributed by atoms with E-state index < -0.39 is 0 Å². The van der Waals surface area contributed by atoms with Crippen LogP contribution >= 0.6 is 0 Å². The van der Waals surface area contributed by atoms with Crippen molar-refractivity contribution in [1.82, 2.24) is 0 Å². The molecule has 0 spiro atoms. The molecule has 0 aromatic heterocycles. The molecule has 1 aromatic carbocycles. The van der Waals surface area contributed by atoms with Gasteiger partial charge in [-0.3, -0.25) is 0 Å². The third-order valence-electron chi connectivity index (χ3n) is 3.99. The van der Waals surface area contributed by atoms with Crippen LogP contribution in [0.2, 0.25) is 0 Å². The second-order valence-electron chi connectivity index (χ2n) is 6.33. The van der Waals surface area contributed by atoms with Crippen LogP contribution in [0.4, 0.5) is 0 Å². The fourth-order valence-electron chi connectivity index (χ4n) is 2.64. The van der Waals surface area contributed by atoms with Crippen molar-refractivity contribution in [1.29, 1.82) is 0 Å². The quantitative estimate of drug-likeness (QED) is 0.432. The second kappa shape index (κ2) is 10.1. The van der Waals surface area contributed by atoms with Gasteiger partial charge in [-0.15, -0.1) is 0 Å². The van der Waals surface area contributed by atoms with Crippen LogP contribution in [0.25, 0.3) is 0 Å². The molecule has 0 aliphatic heterocycles. The van der Waals surface area contributed by atoms with E-state index in [1.807, 2.05) is 0 Å². The molecule has 0 aliphatic rings. The molecule has 0 heterocycles. The molecule has 0 saturated heterocycles. The van der Waals surface area contributed by atoms with Gasteiger partial charge in [-0.05, 0) is 36.8 Å². The first-order chi connectivity index (χ1) is 9.20. The Hall–Kier alpha value is -0.780. The molecule has 0 radical (unpaired) electrons. The molecular weight excluding hydrogens is 228 g/mol. The summed E-state index contributed by atoms with van der Waals surface area (Å²) in [4.78, 5) is 0. The van der Waals surface area contributed by atoms with Gasteiger partial charge in [0.15, 0.2) is 0 Å². The Morgan fingerprint density at radius 1 is 0.789 bits per heavy atom. The number of hydrogen-bond donors (Lipinski definition) is 0. The van der Waals surface area contributed by atoms with Crippen molar-refractivity contribution in [2.75, 3.05) is 0 Å². The lowest BCUT2D eigenvalue weighted by Crippen LogP contribution is -1.90. The van der Waals surface area contributed by atoms with E-state index in [1.54, 1.807) is 5.56 Å². The van der Waals surface area contributed by atoms with Gasteiger partial charge in [0.25, 0.3) is 0 Å². The number of rotatable bonds is 10. The van der Waals surface area contributed by atoms with E-state index in [-0.39, 0.29) is 0 Å². The Labute approximate surface area is 120 Å². The second-order valence-corrected chi connectivity index (χ2v) is 6.33. The molecule has 0 unspecified atom stereocenters. The highest BCUT2D eigenvalue weighted by molar-refractivity contribution is 5.25. The molecule has 0 bridgehead atoms. The third kappa shape index (κ3) is 8.08. The molecule has 0 heteroatoms. The summed E-state index contributed by atoms with van der Waals surface area (Å²) in [6, 6.07) is 8.80. The average molecular weight is 260 g/mol. The molecular formula is C19H32. The van der Waals surface area contributed by atoms with Crippen LogP contribution in [0.15, 0.2) is 24.3 Å². The van der Waals surface area contributed by atoms with Crippen molar-refractivity contribution in [3.05, 3.63) is 35.4 Å². The summed E-state index contributed by atoms with van der Waals surface area (Å²) >= 11 is 0. The first-order valence-electron chi connectivity index (χ1n) is 8.24. The minimum atomic E-state index is 0.883. The van der Waals surface area contributed by atoms with Crippen molar-refractivity contribution < 1.29 is 0 Å². The molecule has 0 atom stereocenters. The summed E-state index contributed by atoms with van der Waals surface area (Å²) in [6.07, 6.45) is 12.6. The topological polar surface area (TPSA) is 0 Å². The van der Waals surface area contributed by atoms with Crippen LogP contribution in [0.5, 0.6) is 0 Å². The predicted molar refractivity (Wildman–Crippen MR) is 86.7 cm³/mol. The Balaban J connectivity index is 1.93. The smallest absolute Gasteiger partial charge is 0.0276 e. The van der Waals surface area contributed by atoms with Crippen molar-refractivity contribution >= 4 is 0 Å². The first kappa shape index (κ1) is 16.3. The molecule has 0 amide bonds. The van der Waals surface area contributed by atoms with Crippen LogP contribution in [0.3, 0.4) is 0 Å². The molecule has 1 aromatic rings. The number of unbranched alkanes of at least 4 members (excludes halogenated alkanes) is 6. The molecule has 0 N–H and O–H groups in total. The molecule has 0 saturated carbocycles. The number of hydrogen-bond acceptors (Lipinski definition) is 0. The lowest BCUT2D eigenvalue weighted by Gasteiger charge is -2.06. The van der Waals surface area contributed by atoms with E-state index in [1.165, 1.54) is 63.4 Å². The Morgan fingerprint density at radius 3 is 2.00 bits per heavy atom. The fourth-order valence-corrected chi connectivity index (χ4v) is 2.64. The van der Waals surface area contributed by atoms with Gasteiger partial charge >= 0.3 is 0 Å². The van der Waals surface area contributed by atoms with E-state index in [0.29, 0.717) is 0 Å². The summed E-state index contributed by atoms with van der Waals surface area (Å²) in [5, 5.41) is 0. The molecule has 19 heavy (non-hydrogen) atoms. The van der Waals surface area contributed by atoms with Crippen molar-refractivity contribution in [3.8, 4) is 0 Å². The van der Waals surface area contributed by atoms with E-state index in [4.69, 9.17) is 0 Å². The predicted octanol–water partition coefficient (Wildman–Crippen LogP) is 6.31. The summed E-state index contributed by atoms with van der Waals surface area (Å²) in [6.45, 7) is 6.88. The minimum Gasteiger partial charge on any atom is -0.0628 e. The monoisotopic (exact) mass is 260 g/mol. The van der Waals surface area contributed by atoms with E-state index in [9.17, 15) is 0 Å². The van der Waals surface area contributed by atoms with Crippen LogP contribution in [0, 0.1) is 12.8 Å². The fraction of sp³-hybridized carbons (Fsp3) is 0.684. The van der Waals surface area contributed by atoms with Crippen LogP contribution in [-0.4, -0.2) is 0 Å². The Bertz CT molecular complexity index is 325. The number of aryl methyl sites for hydroxylation is 2. The van der Waals surface area contributed by atoms with E-state index in [2.05, 4.69) is 45.0 Å². The molecule has 0 nitrogen and oxygen atoms in total. The standard InChI is InChI=1S/C19H32/c1-17(2)13-9-7-5-4-6-8-10-15-19-16-12-11-14-18(19)3/h11-12,14,16-17H,4-10,13,15H2,1-3H3. The van der Waals surface area contributed by atoms with Gasteiger partial charge in [0.2, 0.25) is 0 Å². The van der Waals surface area contributed by atoms with Crippen molar-refractivity contribution in [2.24, 2.45) is 5.92 Å². The van der Waals surface area contributed by atoms with Crippen molar-refractivity contribution in [3.63, 3.8) is 0 Å². The maximum atomic E-state index is 2.32. The maximum absolute atomic E-state index is 2.32. The lowest BCUT2D eigenvalue weighted by molar-refractivity contribution is 0.509. The number of benzene rings is 1.